The predicted octanol–water partition coefficient (Wildman–Crippen LogP) is 2.79. The van der Waals surface area contributed by atoms with E-state index in [9.17, 15) is 4.79 Å². The maximum atomic E-state index is 12.1. The van der Waals surface area contributed by atoms with Crippen LogP contribution in [0.15, 0.2) is 23.0 Å². The van der Waals surface area contributed by atoms with Crippen molar-refractivity contribution in [1.29, 1.82) is 0 Å². The zero-order valence-corrected chi connectivity index (χ0v) is 11.5. The monoisotopic (exact) mass is 256 g/mol. The number of pyridine rings is 1. The van der Waals surface area contributed by atoms with Crippen molar-refractivity contribution in [2.75, 3.05) is 0 Å². The molecule has 100 valence electrons. The van der Waals surface area contributed by atoms with Crippen LogP contribution in [0.1, 0.15) is 36.0 Å². The van der Waals surface area contributed by atoms with E-state index in [1.54, 1.807) is 0 Å². The van der Waals surface area contributed by atoms with Crippen molar-refractivity contribution in [3.05, 3.63) is 45.2 Å². The van der Waals surface area contributed by atoms with Gasteiger partial charge in [0, 0.05) is 18.2 Å². The Kier molecular flexibility index (Phi) is 3.15. The number of benzene rings is 1. The molecule has 3 nitrogen and oxygen atoms in total. The SMILES string of the molecule is Cc1ccc2cc(CNC3CCC3)c(=O)[nH]c2c1C. The maximum absolute atomic E-state index is 12.1. The highest BCUT2D eigenvalue weighted by molar-refractivity contribution is 5.83. The molecule has 0 unspecified atom stereocenters. The summed E-state index contributed by atoms with van der Waals surface area (Å²) in [6.07, 6.45) is 3.79. The highest BCUT2D eigenvalue weighted by Gasteiger charge is 2.16. The van der Waals surface area contributed by atoms with Gasteiger partial charge in [0.15, 0.2) is 0 Å². The van der Waals surface area contributed by atoms with Crippen molar-refractivity contribution in [3.8, 4) is 0 Å². The molecule has 0 radical (unpaired) electrons. The molecule has 2 N–H and O–H groups in total. The topological polar surface area (TPSA) is 44.9 Å². The molecule has 1 aliphatic carbocycles. The average molecular weight is 256 g/mol. The lowest BCUT2D eigenvalue weighted by atomic mass is 9.93. The van der Waals surface area contributed by atoms with E-state index in [1.165, 1.54) is 24.8 Å². The Bertz CT molecular complexity index is 668. The standard InChI is InChI=1S/C16H20N2O/c1-10-6-7-12-8-13(9-17-14-4-3-5-14)16(19)18-15(12)11(10)2/h6-8,14,17H,3-5,9H2,1-2H3,(H,18,19). The molecule has 1 fully saturated rings. The van der Waals surface area contributed by atoms with Crippen molar-refractivity contribution in [2.45, 2.75) is 45.7 Å². The largest absolute Gasteiger partial charge is 0.321 e. The molecule has 0 amide bonds. The van der Waals surface area contributed by atoms with Gasteiger partial charge in [-0.05, 0) is 49.3 Å². The number of rotatable bonds is 3. The van der Waals surface area contributed by atoms with Crippen molar-refractivity contribution >= 4 is 10.9 Å². The quantitative estimate of drug-likeness (QED) is 0.887. The Morgan fingerprint density at radius 2 is 2.11 bits per heavy atom. The van der Waals surface area contributed by atoms with Gasteiger partial charge < -0.3 is 10.3 Å². The van der Waals surface area contributed by atoms with E-state index < -0.39 is 0 Å². The number of aryl methyl sites for hydroxylation is 2. The molecule has 1 heterocycles. The summed E-state index contributed by atoms with van der Waals surface area (Å²) in [5, 5.41) is 4.57. The minimum atomic E-state index is 0.0352. The Morgan fingerprint density at radius 1 is 1.32 bits per heavy atom. The van der Waals surface area contributed by atoms with Crippen LogP contribution < -0.4 is 10.9 Å². The third-order valence-electron chi connectivity index (χ3n) is 4.31. The van der Waals surface area contributed by atoms with Gasteiger partial charge in [0.1, 0.15) is 0 Å². The third kappa shape index (κ3) is 2.30. The number of aromatic amines is 1. The lowest BCUT2D eigenvalue weighted by molar-refractivity contribution is 0.338. The second-order valence-corrected chi connectivity index (χ2v) is 5.60. The van der Waals surface area contributed by atoms with Gasteiger partial charge in [-0.25, -0.2) is 0 Å². The molecule has 0 atom stereocenters. The van der Waals surface area contributed by atoms with Crippen LogP contribution in [0.5, 0.6) is 0 Å². The molecule has 2 aromatic rings. The van der Waals surface area contributed by atoms with Crippen LogP contribution in [-0.2, 0) is 6.54 Å². The second kappa shape index (κ2) is 4.82. The van der Waals surface area contributed by atoms with E-state index in [2.05, 4.69) is 36.3 Å². The summed E-state index contributed by atoms with van der Waals surface area (Å²) in [6, 6.07) is 6.82. The fraction of sp³-hybridized carbons (Fsp3) is 0.438. The zero-order chi connectivity index (χ0) is 13.4. The summed E-state index contributed by atoms with van der Waals surface area (Å²) in [5.74, 6) is 0. The summed E-state index contributed by atoms with van der Waals surface area (Å²) in [6.45, 7) is 4.79. The van der Waals surface area contributed by atoms with Gasteiger partial charge in [0.2, 0.25) is 0 Å². The number of hydrogen-bond acceptors (Lipinski definition) is 2. The Morgan fingerprint density at radius 3 is 2.79 bits per heavy atom. The summed E-state index contributed by atoms with van der Waals surface area (Å²) in [7, 11) is 0. The number of nitrogens with one attached hydrogen (secondary N) is 2. The number of hydrogen-bond donors (Lipinski definition) is 2. The molecular formula is C16H20N2O. The van der Waals surface area contributed by atoms with E-state index in [0.29, 0.717) is 12.6 Å². The molecule has 1 saturated carbocycles. The molecule has 0 spiro atoms. The first-order valence-electron chi connectivity index (χ1n) is 7.00. The smallest absolute Gasteiger partial charge is 0.252 e. The van der Waals surface area contributed by atoms with Crippen LogP contribution in [0.2, 0.25) is 0 Å². The van der Waals surface area contributed by atoms with E-state index in [-0.39, 0.29) is 5.56 Å². The summed E-state index contributed by atoms with van der Waals surface area (Å²) >= 11 is 0. The molecule has 1 aromatic heterocycles. The minimum Gasteiger partial charge on any atom is -0.321 e. The molecule has 1 aromatic carbocycles. The van der Waals surface area contributed by atoms with Gasteiger partial charge in [0.05, 0.1) is 5.52 Å². The van der Waals surface area contributed by atoms with Crippen LogP contribution in [0, 0.1) is 13.8 Å². The lowest BCUT2D eigenvalue weighted by Crippen LogP contribution is -2.35. The Labute approximate surface area is 113 Å². The number of aromatic nitrogens is 1. The van der Waals surface area contributed by atoms with Gasteiger partial charge in [0.25, 0.3) is 5.56 Å². The average Bonchev–Trinajstić information content (AvgIpc) is 2.34. The minimum absolute atomic E-state index is 0.0352. The highest BCUT2D eigenvalue weighted by Crippen LogP contribution is 2.20. The van der Waals surface area contributed by atoms with Crippen molar-refractivity contribution < 1.29 is 0 Å². The molecule has 0 saturated heterocycles. The molecule has 3 rings (SSSR count). The number of H-pyrrole nitrogens is 1. The van der Waals surface area contributed by atoms with E-state index in [0.717, 1.165) is 22.0 Å². The second-order valence-electron chi connectivity index (χ2n) is 5.60. The molecule has 1 aliphatic rings. The highest BCUT2D eigenvalue weighted by atomic mass is 16.1. The molecule has 19 heavy (non-hydrogen) atoms. The van der Waals surface area contributed by atoms with E-state index >= 15 is 0 Å². The first-order chi connectivity index (χ1) is 9.15. The molecule has 0 bridgehead atoms. The van der Waals surface area contributed by atoms with Crippen LogP contribution >= 0.6 is 0 Å². The lowest BCUT2D eigenvalue weighted by Gasteiger charge is -2.26. The predicted molar refractivity (Wildman–Crippen MR) is 78.5 cm³/mol. The summed E-state index contributed by atoms with van der Waals surface area (Å²) in [5.41, 5.74) is 4.21. The van der Waals surface area contributed by atoms with Crippen LogP contribution in [0.4, 0.5) is 0 Å². The van der Waals surface area contributed by atoms with Crippen molar-refractivity contribution in [3.63, 3.8) is 0 Å². The molecular weight excluding hydrogens is 236 g/mol. The van der Waals surface area contributed by atoms with Crippen LogP contribution in [-0.4, -0.2) is 11.0 Å². The normalized spacial score (nSPS) is 15.7. The Balaban J connectivity index is 1.95. The zero-order valence-electron chi connectivity index (χ0n) is 11.5. The first-order valence-corrected chi connectivity index (χ1v) is 7.00. The molecule has 3 heteroatoms. The van der Waals surface area contributed by atoms with Gasteiger partial charge in [-0.1, -0.05) is 18.6 Å². The van der Waals surface area contributed by atoms with Crippen LogP contribution in [0.25, 0.3) is 10.9 Å². The van der Waals surface area contributed by atoms with Gasteiger partial charge in [-0.15, -0.1) is 0 Å². The summed E-state index contributed by atoms with van der Waals surface area (Å²) < 4.78 is 0. The van der Waals surface area contributed by atoms with E-state index in [4.69, 9.17) is 0 Å². The fourth-order valence-electron chi connectivity index (χ4n) is 2.57. The first kappa shape index (κ1) is 12.4. The number of fused-ring (bicyclic) bond motifs is 1. The maximum Gasteiger partial charge on any atom is 0.252 e. The third-order valence-corrected chi connectivity index (χ3v) is 4.31. The molecule has 0 aliphatic heterocycles. The van der Waals surface area contributed by atoms with Gasteiger partial charge >= 0.3 is 0 Å². The van der Waals surface area contributed by atoms with Gasteiger partial charge in [-0.2, -0.15) is 0 Å². The van der Waals surface area contributed by atoms with Crippen molar-refractivity contribution in [1.82, 2.24) is 10.3 Å². The fourth-order valence-corrected chi connectivity index (χ4v) is 2.57. The summed E-state index contributed by atoms with van der Waals surface area (Å²) in [4.78, 5) is 15.2. The van der Waals surface area contributed by atoms with Crippen LogP contribution in [0.3, 0.4) is 0 Å². The van der Waals surface area contributed by atoms with Crippen molar-refractivity contribution in [2.24, 2.45) is 0 Å². The van der Waals surface area contributed by atoms with Gasteiger partial charge in [-0.3, -0.25) is 4.79 Å². The van der Waals surface area contributed by atoms with E-state index in [1.807, 2.05) is 6.07 Å². The Hall–Kier alpha value is -1.61.